The van der Waals surface area contributed by atoms with Crippen LogP contribution in [0.5, 0.6) is 0 Å². The van der Waals surface area contributed by atoms with Crippen molar-refractivity contribution in [3.8, 4) is 0 Å². The highest BCUT2D eigenvalue weighted by molar-refractivity contribution is 14.1. The molecule has 3 nitrogen and oxygen atoms in total. The summed E-state index contributed by atoms with van der Waals surface area (Å²) in [7, 11) is -2.51. The standard InChI is InChI=1S/C16H31IO3SSi/c1-5-18-22(19-6-2,20-7-3)12-11-16(17)10-8-9-15(13-16)14(4)21/h15H,5-13H2,1-4H3. The van der Waals surface area contributed by atoms with Crippen LogP contribution in [0.15, 0.2) is 0 Å². The van der Waals surface area contributed by atoms with Crippen LogP contribution in [-0.2, 0) is 13.3 Å². The summed E-state index contributed by atoms with van der Waals surface area (Å²) in [6.07, 6.45) is 6.08. The van der Waals surface area contributed by atoms with Crippen molar-refractivity contribution in [2.45, 2.75) is 69.3 Å². The number of halogens is 1. The van der Waals surface area contributed by atoms with Gasteiger partial charge in [-0.1, -0.05) is 41.2 Å². The van der Waals surface area contributed by atoms with E-state index < -0.39 is 8.80 Å². The van der Waals surface area contributed by atoms with E-state index in [4.69, 9.17) is 25.5 Å². The van der Waals surface area contributed by atoms with Crippen molar-refractivity contribution in [1.82, 2.24) is 0 Å². The third-order valence-electron chi connectivity index (χ3n) is 4.34. The number of thiocarbonyl (C=S) groups is 1. The first-order valence-electron chi connectivity index (χ1n) is 8.51. The minimum absolute atomic E-state index is 0.310. The van der Waals surface area contributed by atoms with Gasteiger partial charge in [0.1, 0.15) is 0 Å². The molecule has 0 N–H and O–H groups in total. The quantitative estimate of drug-likeness (QED) is 0.195. The Morgan fingerprint density at radius 3 is 2.18 bits per heavy atom. The summed E-state index contributed by atoms with van der Waals surface area (Å²) in [5.74, 6) is 0.600. The molecule has 0 radical (unpaired) electrons. The summed E-state index contributed by atoms with van der Waals surface area (Å²) in [6.45, 7) is 10.1. The molecule has 1 saturated carbocycles. The molecule has 1 aliphatic carbocycles. The maximum Gasteiger partial charge on any atom is 0.500 e. The van der Waals surface area contributed by atoms with Crippen molar-refractivity contribution in [2.24, 2.45) is 5.92 Å². The maximum atomic E-state index is 5.99. The fraction of sp³-hybridized carbons (Fsp3) is 0.938. The molecule has 0 spiro atoms. The molecule has 130 valence electrons. The summed E-state index contributed by atoms with van der Waals surface area (Å²) in [5.41, 5.74) is 0. The fourth-order valence-corrected chi connectivity index (χ4v) is 7.94. The van der Waals surface area contributed by atoms with E-state index in [2.05, 4.69) is 29.5 Å². The molecule has 2 unspecified atom stereocenters. The van der Waals surface area contributed by atoms with Gasteiger partial charge in [0.25, 0.3) is 0 Å². The smallest absolute Gasteiger partial charge is 0.374 e. The van der Waals surface area contributed by atoms with Crippen LogP contribution in [0.3, 0.4) is 0 Å². The van der Waals surface area contributed by atoms with Gasteiger partial charge in [0.2, 0.25) is 0 Å². The monoisotopic (exact) mass is 458 g/mol. The van der Waals surface area contributed by atoms with Gasteiger partial charge in [-0.25, -0.2) is 0 Å². The molecule has 1 fully saturated rings. The second kappa shape index (κ2) is 10.0. The average Bonchev–Trinajstić information content (AvgIpc) is 2.46. The Morgan fingerprint density at radius 2 is 1.73 bits per heavy atom. The van der Waals surface area contributed by atoms with Crippen molar-refractivity contribution in [1.29, 1.82) is 0 Å². The summed E-state index contributed by atoms with van der Waals surface area (Å²) >= 11 is 8.09. The number of hydrogen-bond donors (Lipinski definition) is 0. The van der Waals surface area contributed by atoms with Gasteiger partial charge in [0, 0.05) is 29.3 Å². The van der Waals surface area contributed by atoms with Gasteiger partial charge >= 0.3 is 8.80 Å². The zero-order valence-corrected chi connectivity index (χ0v) is 18.4. The Kier molecular flexibility index (Phi) is 9.56. The molecule has 6 heteroatoms. The van der Waals surface area contributed by atoms with Crippen LogP contribution in [0.1, 0.15) is 59.8 Å². The lowest BCUT2D eigenvalue weighted by Gasteiger charge is -2.38. The van der Waals surface area contributed by atoms with E-state index in [9.17, 15) is 0 Å². The van der Waals surface area contributed by atoms with E-state index in [0.29, 0.717) is 29.2 Å². The molecule has 0 bridgehead atoms. The van der Waals surface area contributed by atoms with Crippen molar-refractivity contribution < 1.29 is 13.3 Å². The second-order valence-corrected chi connectivity index (χ2v) is 11.7. The molecule has 1 rings (SSSR count). The predicted molar refractivity (Wildman–Crippen MR) is 107 cm³/mol. The second-order valence-electron chi connectivity index (χ2n) is 6.04. The Morgan fingerprint density at radius 1 is 1.18 bits per heavy atom. The van der Waals surface area contributed by atoms with E-state index in [1.807, 2.05) is 20.8 Å². The molecule has 0 aromatic heterocycles. The average molecular weight is 458 g/mol. The largest absolute Gasteiger partial charge is 0.500 e. The van der Waals surface area contributed by atoms with Gasteiger partial charge in [0.15, 0.2) is 0 Å². The van der Waals surface area contributed by atoms with Crippen LogP contribution in [0, 0.1) is 5.92 Å². The van der Waals surface area contributed by atoms with Crippen molar-refractivity contribution in [3.05, 3.63) is 0 Å². The SMILES string of the molecule is CCO[Si](CCC1(I)CCCC(C(C)=S)C1)(OCC)OCC. The first kappa shape index (κ1) is 21.0. The van der Waals surface area contributed by atoms with Crippen molar-refractivity contribution in [3.63, 3.8) is 0 Å². The van der Waals surface area contributed by atoms with Gasteiger partial charge in [-0.05, 0) is 64.2 Å². The molecule has 2 atom stereocenters. The number of hydrogen-bond acceptors (Lipinski definition) is 4. The summed E-state index contributed by atoms with van der Waals surface area (Å²) < 4.78 is 18.3. The lowest BCUT2D eigenvalue weighted by molar-refractivity contribution is 0.0696. The van der Waals surface area contributed by atoms with E-state index in [0.717, 1.165) is 12.5 Å². The number of alkyl halides is 1. The van der Waals surface area contributed by atoms with Crippen molar-refractivity contribution >= 4 is 48.5 Å². The predicted octanol–water partition coefficient (Wildman–Crippen LogP) is 5.18. The molecule has 0 aromatic carbocycles. The summed E-state index contributed by atoms with van der Waals surface area (Å²) in [6, 6.07) is 0.911. The van der Waals surface area contributed by atoms with E-state index in [1.54, 1.807) is 0 Å². The number of rotatable bonds is 10. The first-order chi connectivity index (χ1) is 10.4. The van der Waals surface area contributed by atoms with Crippen molar-refractivity contribution in [2.75, 3.05) is 19.8 Å². The van der Waals surface area contributed by atoms with E-state index >= 15 is 0 Å². The zero-order valence-electron chi connectivity index (χ0n) is 14.5. The zero-order chi connectivity index (χ0) is 16.6. The minimum atomic E-state index is -2.51. The summed E-state index contributed by atoms with van der Waals surface area (Å²) in [5, 5.41) is 0. The molecule has 0 amide bonds. The molecule has 1 aliphatic rings. The van der Waals surface area contributed by atoms with Crippen LogP contribution < -0.4 is 0 Å². The topological polar surface area (TPSA) is 27.7 Å². The Balaban J connectivity index is 2.70. The highest BCUT2D eigenvalue weighted by Crippen LogP contribution is 2.44. The van der Waals surface area contributed by atoms with Gasteiger partial charge < -0.3 is 13.3 Å². The van der Waals surface area contributed by atoms with Gasteiger partial charge in [-0.3, -0.25) is 0 Å². The van der Waals surface area contributed by atoms with Crippen LogP contribution >= 0.6 is 34.8 Å². The van der Waals surface area contributed by atoms with Gasteiger partial charge in [0.05, 0.1) is 0 Å². The normalized spacial score (nSPS) is 26.1. The molecule has 0 heterocycles. The highest BCUT2D eigenvalue weighted by Gasteiger charge is 2.44. The first-order valence-corrected chi connectivity index (χ1v) is 11.9. The lowest BCUT2D eigenvalue weighted by atomic mass is 9.79. The highest BCUT2D eigenvalue weighted by atomic mass is 127. The lowest BCUT2D eigenvalue weighted by Crippen LogP contribution is -2.47. The van der Waals surface area contributed by atoms with E-state index in [1.165, 1.54) is 30.5 Å². The van der Waals surface area contributed by atoms with Gasteiger partial charge in [-0.2, -0.15) is 0 Å². The Labute approximate surface area is 156 Å². The van der Waals surface area contributed by atoms with Crippen LogP contribution in [0.2, 0.25) is 6.04 Å². The molecule has 0 saturated heterocycles. The molecule has 0 aliphatic heterocycles. The molecular weight excluding hydrogens is 427 g/mol. The molecule has 22 heavy (non-hydrogen) atoms. The van der Waals surface area contributed by atoms with Crippen LogP contribution in [0.25, 0.3) is 0 Å². The molecule has 0 aromatic rings. The summed E-state index contributed by atoms with van der Waals surface area (Å²) in [4.78, 5) is 1.17. The van der Waals surface area contributed by atoms with Crippen LogP contribution in [-0.4, -0.2) is 36.9 Å². The minimum Gasteiger partial charge on any atom is -0.374 e. The third-order valence-corrected chi connectivity index (χ3v) is 9.24. The molecular formula is C16H31IO3SSi. The third kappa shape index (κ3) is 6.43. The Hall–Kier alpha value is 0.917. The van der Waals surface area contributed by atoms with Gasteiger partial charge in [-0.15, -0.1) is 0 Å². The maximum absolute atomic E-state index is 5.99. The van der Waals surface area contributed by atoms with E-state index in [-0.39, 0.29) is 0 Å². The van der Waals surface area contributed by atoms with Crippen LogP contribution in [0.4, 0.5) is 0 Å². The Bertz CT molecular complexity index is 339. The fourth-order valence-electron chi connectivity index (χ4n) is 3.26.